The lowest BCUT2D eigenvalue weighted by Gasteiger charge is -2.04. The van der Waals surface area contributed by atoms with E-state index in [2.05, 4.69) is 16.9 Å². The van der Waals surface area contributed by atoms with E-state index < -0.39 is 0 Å². The maximum absolute atomic E-state index is 11.7. The van der Waals surface area contributed by atoms with Crippen molar-refractivity contribution in [2.75, 3.05) is 0 Å². The normalized spacial score (nSPS) is 19.4. The standard InChI is InChI=1S/C10H9N3OS/c1-6-5-13-8-7(3-2-4-11-8)9(14)12-10(13)15-6/h2-4,6H,5H2,1H3. The van der Waals surface area contributed by atoms with E-state index in [-0.39, 0.29) is 5.56 Å². The van der Waals surface area contributed by atoms with E-state index in [1.54, 1.807) is 30.1 Å². The van der Waals surface area contributed by atoms with Crippen LogP contribution in [0.5, 0.6) is 0 Å². The van der Waals surface area contributed by atoms with Crippen molar-refractivity contribution in [3.05, 3.63) is 28.7 Å². The maximum atomic E-state index is 11.7. The molecule has 0 aliphatic carbocycles. The average Bonchev–Trinajstić information content (AvgIpc) is 2.59. The van der Waals surface area contributed by atoms with Crippen LogP contribution in [0.2, 0.25) is 0 Å². The summed E-state index contributed by atoms with van der Waals surface area (Å²) in [4.78, 5) is 20.0. The molecule has 0 fully saturated rings. The lowest BCUT2D eigenvalue weighted by Crippen LogP contribution is -2.14. The third-order valence-corrected chi connectivity index (χ3v) is 3.52. The van der Waals surface area contributed by atoms with Crippen molar-refractivity contribution in [1.29, 1.82) is 0 Å². The zero-order valence-electron chi connectivity index (χ0n) is 8.17. The molecule has 0 saturated heterocycles. The second-order valence-corrected chi connectivity index (χ2v) is 5.02. The Morgan fingerprint density at radius 1 is 1.60 bits per heavy atom. The van der Waals surface area contributed by atoms with Gasteiger partial charge < -0.3 is 4.57 Å². The van der Waals surface area contributed by atoms with Crippen LogP contribution in [0, 0.1) is 0 Å². The summed E-state index contributed by atoms with van der Waals surface area (Å²) in [7, 11) is 0. The monoisotopic (exact) mass is 219 g/mol. The fourth-order valence-electron chi connectivity index (χ4n) is 1.81. The van der Waals surface area contributed by atoms with E-state index in [1.165, 1.54) is 0 Å². The molecule has 0 bridgehead atoms. The molecule has 1 atom stereocenters. The van der Waals surface area contributed by atoms with Gasteiger partial charge in [0, 0.05) is 18.0 Å². The van der Waals surface area contributed by atoms with E-state index in [1.807, 2.05) is 4.57 Å². The molecule has 0 aromatic carbocycles. The fraction of sp³-hybridized carbons (Fsp3) is 0.300. The van der Waals surface area contributed by atoms with E-state index in [4.69, 9.17) is 0 Å². The Bertz CT molecular complexity index is 593. The van der Waals surface area contributed by atoms with Crippen molar-refractivity contribution in [1.82, 2.24) is 14.5 Å². The van der Waals surface area contributed by atoms with Crippen molar-refractivity contribution in [3.8, 4) is 0 Å². The first kappa shape index (κ1) is 8.91. The summed E-state index contributed by atoms with van der Waals surface area (Å²) < 4.78 is 2.02. The first-order valence-electron chi connectivity index (χ1n) is 4.78. The molecule has 4 nitrogen and oxygen atoms in total. The number of pyridine rings is 1. The number of nitrogens with zero attached hydrogens (tertiary/aromatic N) is 3. The van der Waals surface area contributed by atoms with Crippen LogP contribution in [0.3, 0.4) is 0 Å². The van der Waals surface area contributed by atoms with Gasteiger partial charge in [-0.3, -0.25) is 4.79 Å². The van der Waals surface area contributed by atoms with Crippen LogP contribution >= 0.6 is 11.8 Å². The highest BCUT2D eigenvalue weighted by molar-refractivity contribution is 7.99. The molecule has 0 N–H and O–H groups in total. The molecule has 0 amide bonds. The highest BCUT2D eigenvalue weighted by Crippen LogP contribution is 2.30. The van der Waals surface area contributed by atoms with Gasteiger partial charge >= 0.3 is 0 Å². The van der Waals surface area contributed by atoms with E-state index in [9.17, 15) is 4.79 Å². The van der Waals surface area contributed by atoms with Gasteiger partial charge in [-0.15, -0.1) is 0 Å². The summed E-state index contributed by atoms with van der Waals surface area (Å²) in [6.07, 6.45) is 1.71. The molecule has 1 aliphatic heterocycles. The minimum atomic E-state index is -0.175. The number of hydrogen-bond donors (Lipinski definition) is 0. The van der Waals surface area contributed by atoms with Crippen LogP contribution < -0.4 is 5.56 Å². The van der Waals surface area contributed by atoms with Gasteiger partial charge in [0.2, 0.25) is 0 Å². The molecule has 15 heavy (non-hydrogen) atoms. The van der Waals surface area contributed by atoms with Gasteiger partial charge in [-0.1, -0.05) is 18.7 Å². The summed E-state index contributed by atoms with van der Waals surface area (Å²) in [5.41, 5.74) is 0.579. The summed E-state index contributed by atoms with van der Waals surface area (Å²) >= 11 is 1.63. The summed E-state index contributed by atoms with van der Waals surface area (Å²) in [6, 6.07) is 3.54. The van der Waals surface area contributed by atoms with Gasteiger partial charge in [0.15, 0.2) is 5.16 Å². The molecular formula is C10H9N3OS. The average molecular weight is 219 g/mol. The Balaban J connectivity index is 2.44. The second-order valence-electron chi connectivity index (χ2n) is 3.61. The van der Waals surface area contributed by atoms with E-state index in [0.717, 1.165) is 17.3 Å². The maximum Gasteiger partial charge on any atom is 0.283 e. The quantitative estimate of drug-likeness (QED) is 0.626. The molecule has 1 aliphatic rings. The van der Waals surface area contributed by atoms with Crippen LogP contribution in [-0.4, -0.2) is 19.8 Å². The zero-order valence-corrected chi connectivity index (χ0v) is 8.99. The Hall–Kier alpha value is -1.36. The van der Waals surface area contributed by atoms with Gasteiger partial charge in [0.1, 0.15) is 5.65 Å². The third-order valence-electron chi connectivity index (χ3n) is 2.45. The Kier molecular flexibility index (Phi) is 1.82. The first-order valence-corrected chi connectivity index (χ1v) is 5.66. The predicted molar refractivity (Wildman–Crippen MR) is 59.1 cm³/mol. The van der Waals surface area contributed by atoms with Gasteiger partial charge in [0.25, 0.3) is 5.56 Å². The van der Waals surface area contributed by atoms with Crippen LogP contribution in [0.4, 0.5) is 0 Å². The van der Waals surface area contributed by atoms with Gasteiger partial charge in [-0.25, -0.2) is 4.98 Å². The molecule has 76 valence electrons. The largest absolute Gasteiger partial charge is 0.304 e. The summed E-state index contributed by atoms with van der Waals surface area (Å²) in [5.74, 6) is 0. The first-order chi connectivity index (χ1) is 7.25. The van der Waals surface area contributed by atoms with Gasteiger partial charge in [-0.05, 0) is 12.1 Å². The molecule has 3 rings (SSSR count). The second kappa shape index (κ2) is 3.06. The van der Waals surface area contributed by atoms with Crippen molar-refractivity contribution in [2.45, 2.75) is 23.9 Å². The minimum Gasteiger partial charge on any atom is -0.304 e. The topological polar surface area (TPSA) is 47.8 Å². The molecule has 2 aromatic heterocycles. The van der Waals surface area contributed by atoms with Crippen molar-refractivity contribution in [2.24, 2.45) is 0 Å². The van der Waals surface area contributed by atoms with Crippen LogP contribution in [0.25, 0.3) is 11.0 Å². The van der Waals surface area contributed by atoms with E-state index >= 15 is 0 Å². The molecule has 3 heterocycles. The highest BCUT2D eigenvalue weighted by atomic mass is 32.2. The predicted octanol–water partition coefficient (Wildman–Crippen LogP) is 1.29. The number of thioether (sulfide) groups is 1. The molecule has 1 unspecified atom stereocenters. The van der Waals surface area contributed by atoms with Crippen LogP contribution in [-0.2, 0) is 6.54 Å². The summed E-state index contributed by atoms with van der Waals surface area (Å²) in [5, 5.41) is 1.86. The van der Waals surface area contributed by atoms with Gasteiger partial charge in [0.05, 0.1) is 5.39 Å². The van der Waals surface area contributed by atoms with Gasteiger partial charge in [-0.2, -0.15) is 4.98 Å². The summed E-state index contributed by atoms with van der Waals surface area (Å²) in [6.45, 7) is 3.00. The Morgan fingerprint density at radius 3 is 3.33 bits per heavy atom. The number of fused-ring (bicyclic) bond motifs is 3. The molecule has 2 aromatic rings. The third kappa shape index (κ3) is 1.26. The number of hydrogen-bond acceptors (Lipinski definition) is 4. The lowest BCUT2D eigenvalue weighted by atomic mass is 10.3. The Morgan fingerprint density at radius 2 is 2.47 bits per heavy atom. The van der Waals surface area contributed by atoms with Crippen molar-refractivity contribution < 1.29 is 0 Å². The van der Waals surface area contributed by atoms with Crippen molar-refractivity contribution >= 4 is 22.8 Å². The molecule has 0 spiro atoms. The zero-order chi connectivity index (χ0) is 10.4. The van der Waals surface area contributed by atoms with Crippen LogP contribution in [0.1, 0.15) is 6.92 Å². The van der Waals surface area contributed by atoms with E-state index in [0.29, 0.717) is 10.6 Å². The SMILES string of the molecule is CC1Cn2c(nc(=O)c3cccnc32)S1. The van der Waals surface area contributed by atoms with Crippen molar-refractivity contribution in [3.63, 3.8) is 0 Å². The molecule has 5 heteroatoms. The molecule has 0 radical (unpaired) electrons. The highest BCUT2D eigenvalue weighted by Gasteiger charge is 2.22. The fourth-order valence-corrected chi connectivity index (χ4v) is 2.81. The Labute approximate surface area is 90.4 Å². The molecule has 0 saturated carbocycles. The number of rotatable bonds is 0. The molecular weight excluding hydrogens is 210 g/mol. The van der Waals surface area contributed by atoms with Crippen LogP contribution in [0.15, 0.2) is 28.3 Å². The number of aromatic nitrogens is 3. The lowest BCUT2D eigenvalue weighted by molar-refractivity contribution is 0.658. The smallest absolute Gasteiger partial charge is 0.283 e. The minimum absolute atomic E-state index is 0.175.